The molecule has 0 spiro atoms. The highest BCUT2D eigenvalue weighted by Crippen LogP contribution is 2.32. The number of halogens is 3. The molecule has 13 heteroatoms. The molecular weight excluding hydrogens is 565 g/mol. The highest BCUT2D eigenvalue weighted by molar-refractivity contribution is 5.90. The Hall–Kier alpha value is -4.10. The molecule has 2 aliphatic rings. The number of nitrogens with zero attached hydrogens (tertiary/aromatic N) is 4. The second-order valence-corrected chi connectivity index (χ2v) is 10.8. The molecule has 3 aromatic rings. The number of rotatable bonds is 9. The molecule has 2 aromatic carbocycles. The van der Waals surface area contributed by atoms with Crippen LogP contribution in [0.2, 0.25) is 0 Å². The van der Waals surface area contributed by atoms with Crippen molar-refractivity contribution in [3.63, 3.8) is 0 Å². The van der Waals surface area contributed by atoms with Crippen molar-refractivity contribution in [2.24, 2.45) is 5.92 Å². The molecule has 0 bridgehead atoms. The summed E-state index contributed by atoms with van der Waals surface area (Å²) >= 11 is 0. The van der Waals surface area contributed by atoms with Crippen LogP contribution in [0.5, 0.6) is 5.88 Å². The first-order valence-corrected chi connectivity index (χ1v) is 14.3. The predicted molar refractivity (Wildman–Crippen MR) is 152 cm³/mol. The number of benzene rings is 2. The predicted octanol–water partition coefficient (Wildman–Crippen LogP) is 4.54. The molecule has 2 fully saturated rings. The van der Waals surface area contributed by atoms with Gasteiger partial charge < -0.3 is 15.0 Å². The molecule has 1 aromatic heterocycles. The first kappa shape index (κ1) is 30.4. The largest absolute Gasteiger partial charge is 0.476 e. The number of piperidine rings is 1. The van der Waals surface area contributed by atoms with Gasteiger partial charge in [-0.05, 0) is 55.5 Å². The molecule has 2 saturated heterocycles. The number of para-hydroxylation sites is 1. The lowest BCUT2D eigenvalue weighted by Crippen LogP contribution is -2.42. The number of carbonyl (C=O) groups excluding carboxylic acids is 2. The van der Waals surface area contributed by atoms with Crippen molar-refractivity contribution in [2.75, 3.05) is 44.8 Å². The van der Waals surface area contributed by atoms with Crippen molar-refractivity contribution in [2.45, 2.75) is 38.8 Å². The summed E-state index contributed by atoms with van der Waals surface area (Å²) in [5.74, 6) is -0.970. The zero-order valence-corrected chi connectivity index (χ0v) is 24.1. The molecule has 0 unspecified atom stereocenters. The Morgan fingerprint density at radius 2 is 1.84 bits per heavy atom. The van der Waals surface area contributed by atoms with Gasteiger partial charge in [-0.2, -0.15) is 5.06 Å². The zero-order chi connectivity index (χ0) is 30.5. The molecule has 0 radical (unpaired) electrons. The lowest BCUT2D eigenvalue weighted by Gasteiger charge is -2.30. The third-order valence-electron chi connectivity index (χ3n) is 7.78. The minimum absolute atomic E-state index is 0.0473. The summed E-state index contributed by atoms with van der Waals surface area (Å²) < 4.78 is 48.4. The van der Waals surface area contributed by atoms with Gasteiger partial charge in [0.2, 0.25) is 11.8 Å². The molecular formula is C30H35F3N6O4. The first-order valence-electron chi connectivity index (χ1n) is 14.3. The van der Waals surface area contributed by atoms with Crippen LogP contribution in [0.3, 0.4) is 0 Å². The van der Waals surface area contributed by atoms with Crippen LogP contribution in [0, 0.1) is 24.5 Å². The Labute approximate surface area is 247 Å². The van der Waals surface area contributed by atoms with E-state index in [1.54, 1.807) is 18.5 Å². The van der Waals surface area contributed by atoms with Gasteiger partial charge in [-0.1, -0.05) is 24.3 Å². The van der Waals surface area contributed by atoms with Crippen LogP contribution in [0.25, 0.3) is 5.69 Å². The molecule has 230 valence electrons. The molecule has 10 nitrogen and oxygen atoms in total. The van der Waals surface area contributed by atoms with E-state index in [0.717, 1.165) is 25.0 Å². The van der Waals surface area contributed by atoms with Gasteiger partial charge in [0, 0.05) is 26.6 Å². The Morgan fingerprint density at radius 1 is 1.09 bits per heavy atom. The maximum absolute atomic E-state index is 14.0. The molecule has 2 atom stereocenters. The lowest BCUT2D eigenvalue weighted by molar-refractivity contribution is -0.149. The summed E-state index contributed by atoms with van der Waals surface area (Å²) in [5, 5.41) is 11.7. The van der Waals surface area contributed by atoms with Crippen LogP contribution in [0.1, 0.15) is 37.0 Å². The summed E-state index contributed by atoms with van der Waals surface area (Å²) in [6, 6.07) is 11.3. The SMILES string of the molecule is CC(=O)N1CCC(COc2nn(-c3ccccc3)c(NC(=O)N[C@@H]3CN(CCF)O[C@H]3c3ccc(F)c(F)c3)c2C)CC1. The number of amides is 3. The molecule has 0 aliphatic carbocycles. The Bertz CT molecular complexity index is 1430. The van der Waals surface area contributed by atoms with Crippen LogP contribution in [0.15, 0.2) is 48.5 Å². The standard InChI is InChI=1S/C30H35F3N6O4/c1-19-28(35-30(41)34-26-17-38(15-12-31)43-27(26)22-8-9-24(32)25(33)16-22)39(23-6-4-3-5-7-23)36-29(19)42-18-21-10-13-37(14-11-21)20(2)40/h3-9,16,21,26-27H,10-15,17-18H2,1-2H3,(H2,34,35,41)/t26-,27+/m1/s1. The Morgan fingerprint density at radius 3 is 2.51 bits per heavy atom. The van der Waals surface area contributed by atoms with E-state index in [-0.39, 0.29) is 24.9 Å². The van der Waals surface area contributed by atoms with Crippen molar-refractivity contribution in [3.05, 3.63) is 71.3 Å². The summed E-state index contributed by atoms with van der Waals surface area (Å²) in [7, 11) is 0. The first-order chi connectivity index (χ1) is 20.7. The van der Waals surface area contributed by atoms with Crippen LogP contribution >= 0.6 is 0 Å². The van der Waals surface area contributed by atoms with E-state index >= 15 is 0 Å². The number of hydrogen-bond donors (Lipinski definition) is 2. The third kappa shape index (κ3) is 7.11. The summed E-state index contributed by atoms with van der Waals surface area (Å²) in [4.78, 5) is 32.6. The third-order valence-corrected chi connectivity index (χ3v) is 7.78. The molecule has 3 heterocycles. The summed E-state index contributed by atoms with van der Waals surface area (Å²) in [6.45, 7) is 4.56. The molecule has 43 heavy (non-hydrogen) atoms. The van der Waals surface area contributed by atoms with Crippen LogP contribution < -0.4 is 15.4 Å². The van der Waals surface area contributed by atoms with E-state index in [0.29, 0.717) is 48.2 Å². The average Bonchev–Trinajstić information content (AvgIpc) is 3.54. The van der Waals surface area contributed by atoms with Gasteiger partial charge in [-0.15, -0.1) is 5.10 Å². The van der Waals surface area contributed by atoms with Crippen LogP contribution in [-0.4, -0.2) is 77.2 Å². The fourth-order valence-corrected chi connectivity index (χ4v) is 5.37. The maximum Gasteiger partial charge on any atom is 0.320 e. The molecule has 3 amide bonds. The minimum atomic E-state index is -1.05. The smallest absolute Gasteiger partial charge is 0.320 e. The Kier molecular flexibility index (Phi) is 9.51. The maximum atomic E-state index is 14.0. The van der Waals surface area contributed by atoms with Gasteiger partial charge in [0.15, 0.2) is 11.6 Å². The van der Waals surface area contributed by atoms with Crippen molar-refractivity contribution < 1.29 is 32.3 Å². The van der Waals surface area contributed by atoms with Crippen molar-refractivity contribution in [1.29, 1.82) is 0 Å². The number of hydroxylamine groups is 2. The van der Waals surface area contributed by atoms with Crippen molar-refractivity contribution in [3.8, 4) is 11.6 Å². The van der Waals surface area contributed by atoms with E-state index in [1.807, 2.05) is 35.2 Å². The summed E-state index contributed by atoms with van der Waals surface area (Å²) in [5.41, 5.74) is 1.61. The molecule has 5 rings (SSSR count). The number of urea groups is 1. The number of alkyl halides is 1. The topological polar surface area (TPSA) is 101 Å². The van der Waals surface area contributed by atoms with Gasteiger partial charge in [0.25, 0.3) is 0 Å². The highest BCUT2D eigenvalue weighted by atomic mass is 19.2. The van der Waals surface area contributed by atoms with E-state index in [2.05, 4.69) is 15.7 Å². The number of carbonyl (C=O) groups is 2. The number of nitrogens with one attached hydrogen (secondary N) is 2. The second kappa shape index (κ2) is 13.5. The van der Waals surface area contributed by atoms with E-state index in [4.69, 9.17) is 9.57 Å². The number of ether oxygens (including phenoxy) is 1. The average molecular weight is 601 g/mol. The number of aromatic nitrogens is 2. The van der Waals surface area contributed by atoms with Gasteiger partial charge in [-0.25, -0.2) is 22.6 Å². The van der Waals surface area contributed by atoms with E-state index in [1.165, 1.54) is 11.1 Å². The molecule has 0 saturated carbocycles. The monoisotopic (exact) mass is 600 g/mol. The fraction of sp³-hybridized carbons (Fsp3) is 0.433. The van der Waals surface area contributed by atoms with Crippen molar-refractivity contribution >= 4 is 17.8 Å². The second-order valence-electron chi connectivity index (χ2n) is 10.8. The summed E-state index contributed by atoms with van der Waals surface area (Å²) in [6.07, 6.45) is 0.794. The van der Waals surface area contributed by atoms with Gasteiger partial charge >= 0.3 is 6.03 Å². The molecule has 2 aliphatic heterocycles. The highest BCUT2D eigenvalue weighted by Gasteiger charge is 2.37. The van der Waals surface area contributed by atoms with E-state index in [9.17, 15) is 22.8 Å². The zero-order valence-electron chi connectivity index (χ0n) is 24.1. The molecule has 2 N–H and O–H groups in total. The van der Waals surface area contributed by atoms with E-state index < -0.39 is 36.5 Å². The van der Waals surface area contributed by atoms with Crippen molar-refractivity contribution in [1.82, 2.24) is 25.1 Å². The van der Waals surface area contributed by atoms with Gasteiger partial charge in [-0.3, -0.25) is 14.9 Å². The fourth-order valence-electron chi connectivity index (χ4n) is 5.37. The normalized spacial score (nSPS) is 19.4. The van der Waals surface area contributed by atoms with Gasteiger partial charge in [0.1, 0.15) is 18.6 Å². The van der Waals surface area contributed by atoms with Crippen LogP contribution in [0.4, 0.5) is 23.8 Å². The van der Waals surface area contributed by atoms with Gasteiger partial charge in [0.05, 0.1) is 30.4 Å². The lowest BCUT2D eigenvalue weighted by atomic mass is 9.98. The Balaban J connectivity index is 1.32. The number of hydrogen-bond acceptors (Lipinski definition) is 6. The van der Waals surface area contributed by atoms with Crippen LogP contribution in [-0.2, 0) is 9.63 Å². The number of likely N-dealkylation sites (tertiary alicyclic amines) is 1. The number of anilines is 1. The quantitative estimate of drug-likeness (QED) is 0.374. The minimum Gasteiger partial charge on any atom is -0.476 e.